The Hall–Kier alpha value is -2.92. The molecule has 3 aromatic heterocycles. The molecule has 0 aliphatic carbocycles. The van der Waals surface area contributed by atoms with Gasteiger partial charge in [-0.25, -0.2) is 4.98 Å². The van der Waals surface area contributed by atoms with E-state index in [0.29, 0.717) is 43.8 Å². The summed E-state index contributed by atoms with van der Waals surface area (Å²) in [6.07, 6.45) is 2.03. The van der Waals surface area contributed by atoms with Gasteiger partial charge in [-0.3, -0.25) is 9.78 Å². The fourth-order valence-corrected chi connectivity index (χ4v) is 4.89. The zero-order valence-electron chi connectivity index (χ0n) is 18.8. The van der Waals surface area contributed by atoms with Gasteiger partial charge in [-0.05, 0) is 30.9 Å². The van der Waals surface area contributed by atoms with Crippen LogP contribution < -0.4 is 10.5 Å². The van der Waals surface area contributed by atoms with Gasteiger partial charge in [0.25, 0.3) is 5.56 Å². The third kappa shape index (κ3) is 5.06. The highest BCUT2D eigenvalue weighted by molar-refractivity contribution is 6.33. The number of halogens is 4. The number of hydrogen-bond donors (Lipinski definition) is 0. The fraction of sp³-hybridized carbons (Fsp3) is 0.478. The summed E-state index contributed by atoms with van der Waals surface area (Å²) in [5.74, 6) is 0. The van der Waals surface area contributed by atoms with Crippen LogP contribution in [0.5, 0.6) is 0 Å². The smallest absolute Gasteiger partial charge is 0.362 e. The molecule has 0 spiro atoms. The number of fused-ring (bicyclic) bond motifs is 1. The van der Waals surface area contributed by atoms with Crippen LogP contribution >= 0.6 is 11.6 Å². The van der Waals surface area contributed by atoms with Crippen molar-refractivity contribution >= 4 is 17.3 Å². The van der Waals surface area contributed by atoms with E-state index < -0.39 is 18.8 Å². The highest BCUT2D eigenvalue weighted by atomic mass is 35.5. The van der Waals surface area contributed by atoms with Crippen molar-refractivity contribution in [1.82, 2.24) is 24.3 Å². The van der Waals surface area contributed by atoms with Crippen molar-refractivity contribution in [1.29, 1.82) is 0 Å². The number of alkyl halides is 3. The summed E-state index contributed by atoms with van der Waals surface area (Å²) in [5, 5.41) is 4.41. The molecule has 1 atom stereocenters. The van der Waals surface area contributed by atoms with Crippen LogP contribution in [-0.4, -0.2) is 43.6 Å². The monoisotopic (exact) mass is 508 g/mol. The molecule has 2 aliphatic rings. The third-order valence-electron chi connectivity index (χ3n) is 6.38. The zero-order chi connectivity index (χ0) is 24.6. The van der Waals surface area contributed by atoms with Crippen molar-refractivity contribution in [3.63, 3.8) is 0 Å². The maximum atomic E-state index is 13.0. The van der Waals surface area contributed by atoms with Crippen LogP contribution in [0.4, 0.5) is 18.9 Å². The molecule has 1 unspecified atom stereocenters. The molecule has 1 saturated heterocycles. The van der Waals surface area contributed by atoms with Crippen LogP contribution in [0.1, 0.15) is 48.1 Å². The molecule has 0 bridgehead atoms. The van der Waals surface area contributed by atoms with Crippen LogP contribution in [0, 0.1) is 0 Å². The van der Waals surface area contributed by atoms with E-state index in [1.807, 2.05) is 9.47 Å². The van der Waals surface area contributed by atoms with E-state index in [2.05, 4.69) is 15.1 Å². The number of ether oxygens (including phenoxy) is 1. The number of anilines is 1. The normalized spacial score (nSPS) is 18.5. The topological polar surface area (TPSA) is 78.1 Å². The van der Waals surface area contributed by atoms with Gasteiger partial charge in [0, 0.05) is 31.5 Å². The van der Waals surface area contributed by atoms with Gasteiger partial charge < -0.3 is 14.2 Å². The van der Waals surface area contributed by atoms with Gasteiger partial charge in [-0.15, -0.1) is 0 Å². The Morgan fingerprint density at radius 3 is 2.86 bits per heavy atom. The van der Waals surface area contributed by atoms with Crippen LogP contribution in [0.15, 0.2) is 35.6 Å². The summed E-state index contributed by atoms with van der Waals surface area (Å²) in [7, 11) is 0. The molecular weight excluding hydrogens is 485 g/mol. The molecule has 3 aromatic rings. The fourth-order valence-electron chi connectivity index (χ4n) is 4.64. The number of pyridine rings is 1. The number of nitrogens with zero attached hydrogens (tertiary/aromatic N) is 6. The average molecular weight is 509 g/mol. The molecule has 35 heavy (non-hydrogen) atoms. The van der Waals surface area contributed by atoms with Crippen LogP contribution in [0.2, 0.25) is 5.02 Å². The van der Waals surface area contributed by atoms with Crippen molar-refractivity contribution in [3.8, 4) is 0 Å². The largest absolute Gasteiger partial charge is 0.394 e. The Bertz CT molecular complexity index is 1270. The van der Waals surface area contributed by atoms with Crippen molar-refractivity contribution in [2.45, 2.75) is 57.6 Å². The Labute approximate surface area is 204 Å². The summed E-state index contributed by atoms with van der Waals surface area (Å²) in [6.45, 7) is 1.81. The minimum atomic E-state index is -4.33. The number of imidazole rings is 1. The SMILES string of the molecule is O=c1c(Cl)c(N2CCc3c(ncn3Cc3cccnc3CC(F)(F)F)C2)cnn1C1CCCCO1. The first-order chi connectivity index (χ1) is 16.8. The quantitative estimate of drug-likeness (QED) is 0.520. The molecule has 1 fully saturated rings. The van der Waals surface area contributed by atoms with E-state index in [-0.39, 0.29) is 22.8 Å². The highest BCUT2D eigenvalue weighted by Crippen LogP contribution is 2.29. The third-order valence-corrected chi connectivity index (χ3v) is 6.73. The van der Waals surface area contributed by atoms with Crippen molar-refractivity contribution in [3.05, 3.63) is 68.9 Å². The lowest BCUT2D eigenvalue weighted by molar-refractivity contribution is -0.128. The molecule has 0 aromatic carbocycles. The number of hydrogen-bond acceptors (Lipinski definition) is 6. The van der Waals surface area contributed by atoms with Crippen molar-refractivity contribution in [2.75, 3.05) is 18.1 Å². The molecule has 2 aliphatic heterocycles. The molecule has 12 heteroatoms. The molecule has 5 heterocycles. The first kappa shape index (κ1) is 23.8. The lowest BCUT2D eigenvalue weighted by Gasteiger charge is -2.30. The predicted molar refractivity (Wildman–Crippen MR) is 122 cm³/mol. The molecule has 5 rings (SSSR count). The second kappa shape index (κ2) is 9.62. The molecule has 0 N–H and O–H groups in total. The summed E-state index contributed by atoms with van der Waals surface area (Å²) in [4.78, 5) is 23.2. The van der Waals surface area contributed by atoms with E-state index in [1.165, 1.54) is 10.9 Å². The first-order valence-electron chi connectivity index (χ1n) is 11.5. The van der Waals surface area contributed by atoms with E-state index in [1.54, 1.807) is 24.7 Å². The van der Waals surface area contributed by atoms with Crippen LogP contribution in [-0.2, 0) is 30.7 Å². The van der Waals surface area contributed by atoms with Gasteiger partial charge in [-0.1, -0.05) is 17.7 Å². The van der Waals surface area contributed by atoms with E-state index in [0.717, 1.165) is 24.2 Å². The first-order valence-corrected chi connectivity index (χ1v) is 11.8. The lowest BCUT2D eigenvalue weighted by Crippen LogP contribution is -2.36. The number of aromatic nitrogens is 5. The minimum Gasteiger partial charge on any atom is -0.362 e. The van der Waals surface area contributed by atoms with Crippen molar-refractivity contribution < 1.29 is 17.9 Å². The van der Waals surface area contributed by atoms with Crippen LogP contribution in [0.3, 0.4) is 0 Å². The second-order valence-corrected chi connectivity index (χ2v) is 9.13. The maximum Gasteiger partial charge on any atom is 0.394 e. The minimum absolute atomic E-state index is 0.0141. The van der Waals surface area contributed by atoms with Gasteiger partial charge in [0.2, 0.25) is 0 Å². The predicted octanol–water partition coefficient (Wildman–Crippen LogP) is 3.90. The van der Waals surface area contributed by atoms with E-state index in [9.17, 15) is 18.0 Å². The molecule has 186 valence electrons. The molecule has 8 nitrogen and oxygen atoms in total. The van der Waals surface area contributed by atoms with Gasteiger partial charge >= 0.3 is 6.18 Å². The van der Waals surface area contributed by atoms with Gasteiger partial charge in [0.15, 0.2) is 6.23 Å². The lowest BCUT2D eigenvalue weighted by atomic mass is 10.1. The second-order valence-electron chi connectivity index (χ2n) is 8.75. The molecule has 0 amide bonds. The van der Waals surface area contributed by atoms with E-state index >= 15 is 0 Å². The Balaban J connectivity index is 1.34. The Morgan fingerprint density at radius 2 is 2.09 bits per heavy atom. The van der Waals surface area contributed by atoms with Crippen molar-refractivity contribution in [2.24, 2.45) is 0 Å². The Morgan fingerprint density at radius 1 is 1.23 bits per heavy atom. The number of rotatable bonds is 5. The van der Waals surface area contributed by atoms with Gasteiger partial charge in [0.05, 0.1) is 49.1 Å². The van der Waals surface area contributed by atoms with Gasteiger partial charge in [-0.2, -0.15) is 23.0 Å². The molecular formula is C23H24ClF3N6O2. The van der Waals surface area contributed by atoms with E-state index in [4.69, 9.17) is 16.3 Å². The standard InChI is InChI=1S/C23H24ClF3N6O2/c24-21-19(11-30-33(22(21)34)20-5-1-2-9-35-20)31-8-6-18-17(13-31)29-14-32(18)12-15-4-3-7-28-16(15)10-23(25,26)27/h3-4,7,11,14,20H,1-2,5-6,8-10,12-13H2. The maximum absolute atomic E-state index is 13.0. The highest BCUT2D eigenvalue weighted by Gasteiger charge is 2.30. The molecule has 0 radical (unpaired) electrons. The summed E-state index contributed by atoms with van der Waals surface area (Å²) in [6, 6.07) is 3.29. The summed E-state index contributed by atoms with van der Waals surface area (Å²) >= 11 is 6.47. The summed E-state index contributed by atoms with van der Waals surface area (Å²) < 4.78 is 47.7. The molecule has 0 saturated carbocycles. The average Bonchev–Trinajstić information content (AvgIpc) is 3.23. The Kier molecular flexibility index (Phi) is 6.54. The van der Waals surface area contributed by atoms with Crippen LogP contribution in [0.25, 0.3) is 0 Å². The summed E-state index contributed by atoms with van der Waals surface area (Å²) in [5.41, 5.74) is 2.39. The zero-order valence-corrected chi connectivity index (χ0v) is 19.6. The van der Waals surface area contributed by atoms with Gasteiger partial charge in [0.1, 0.15) is 5.02 Å².